The van der Waals surface area contributed by atoms with E-state index in [9.17, 15) is 9.13 Å². The first kappa shape index (κ1) is 27.3. The highest BCUT2D eigenvalue weighted by Crippen LogP contribution is 2.82. The minimum absolute atomic E-state index is 0.0401. The van der Waals surface area contributed by atoms with Gasteiger partial charge in [0, 0.05) is 13.0 Å². The molecule has 1 atom stereocenters. The Hall–Kier alpha value is -1.34. The molecule has 1 heterocycles. The Morgan fingerprint density at radius 3 is 1.68 bits per heavy atom. The molecule has 0 spiro atoms. The predicted octanol–water partition coefficient (Wildman–Crippen LogP) is 6.75. The van der Waals surface area contributed by atoms with Gasteiger partial charge in [-0.25, -0.2) is 0 Å². The van der Waals surface area contributed by atoms with Crippen molar-refractivity contribution in [3.05, 3.63) is 71.8 Å². The van der Waals surface area contributed by atoms with Crippen LogP contribution in [0.2, 0.25) is 0 Å². The lowest BCUT2D eigenvalue weighted by atomic mass is 10.0. The molecule has 188 valence electrons. The minimum atomic E-state index is -4.16. The fourth-order valence-corrected chi connectivity index (χ4v) is 9.55. The summed E-state index contributed by atoms with van der Waals surface area (Å²) >= 11 is 0. The highest BCUT2D eigenvalue weighted by atomic mass is 31.2. The molecule has 1 unspecified atom stereocenters. The zero-order valence-corrected chi connectivity index (χ0v) is 22.1. The standard InChI is InChI=1S/C24H35NO7P2/c1-5-28-33(26,29-6-2)24(34(27,30-7-3)31-8-4)19-23(22-17-13-10-14-18-22)25(32-24)20-21-15-11-9-12-16-21/h9-18,23H,5-8,19-20H2,1-4H3. The monoisotopic (exact) mass is 511 g/mol. The summed E-state index contributed by atoms with van der Waals surface area (Å²) in [5, 5.41) is -0.270. The van der Waals surface area contributed by atoms with Gasteiger partial charge in [-0.15, -0.1) is 0 Å². The van der Waals surface area contributed by atoms with E-state index in [1.807, 2.05) is 60.7 Å². The van der Waals surface area contributed by atoms with Crippen molar-refractivity contribution in [1.29, 1.82) is 0 Å². The first-order chi connectivity index (χ1) is 16.4. The van der Waals surface area contributed by atoms with Crippen molar-refractivity contribution < 1.29 is 32.1 Å². The molecule has 34 heavy (non-hydrogen) atoms. The van der Waals surface area contributed by atoms with Crippen molar-refractivity contribution >= 4 is 15.2 Å². The fraction of sp³-hybridized carbons (Fsp3) is 0.500. The predicted molar refractivity (Wildman–Crippen MR) is 131 cm³/mol. The van der Waals surface area contributed by atoms with Crippen molar-refractivity contribution in [2.24, 2.45) is 0 Å². The van der Waals surface area contributed by atoms with Gasteiger partial charge in [-0.3, -0.25) is 14.0 Å². The van der Waals surface area contributed by atoms with Crippen molar-refractivity contribution in [2.75, 3.05) is 26.4 Å². The molecule has 0 N–H and O–H groups in total. The third-order valence-corrected chi connectivity index (χ3v) is 11.6. The molecule has 0 radical (unpaired) electrons. The maximum Gasteiger partial charge on any atom is 0.376 e. The molecule has 0 amide bonds. The second-order valence-corrected chi connectivity index (χ2v) is 12.5. The van der Waals surface area contributed by atoms with Crippen molar-refractivity contribution in [2.45, 2.75) is 51.8 Å². The third-order valence-electron chi connectivity index (χ3n) is 5.49. The second-order valence-electron chi connectivity index (χ2n) is 7.69. The van der Waals surface area contributed by atoms with E-state index in [2.05, 4.69) is 0 Å². The SMILES string of the molecule is CCOP(=O)(OCC)C1(P(=O)(OCC)OCC)CC(c2ccccc2)N(Cc2ccccc2)O1. The van der Waals surface area contributed by atoms with Crippen LogP contribution < -0.4 is 0 Å². The molecule has 2 aromatic rings. The largest absolute Gasteiger partial charge is 0.376 e. The first-order valence-electron chi connectivity index (χ1n) is 11.7. The zero-order chi connectivity index (χ0) is 24.7. The van der Waals surface area contributed by atoms with E-state index in [1.165, 1.54) is 0 Å². The van der Waals surface area contributed by atoms with Gasteiger partial charge in [-0.2, -0.15) is 5.06 Å². The Morgan fingerprint density at radius 2 is 1.24 bits per heavy atom. The summed E-state index contributed by atoms with van der Waals surface area (Å²) in [7, 11) is -8.31. The molecule has 1 fully saturated rings. The van der Waals surface area contributed by atoms with Crippen LogP contribution in [0.5, 0.6) is 0 Å². The van der Waals surface area contributed by atoms with Gasteiger partial charge in [0.1, 0.15) is 0 Å². The van der Waals surface area contributed by atoms with Gasteiger partial charge in [0.25, 0.3) is 5.08 Å². The third kappa shape index (κ3) is 5.40. The van der Waals surface area contributed by atoms with E-state index < -0.39 is 26.3 Å². The maximum absolute atomic E-state index is 14.4. The molecule has 0 saturated carbocycles. The van der Waals surface area contributed by atoms with Gasteiger partial charge in [-0.05, 0) is 38.8 Å². The molecule has 0 bridgehead atoms. The molecule has 3 rings (SSSR count). The number of nitrogens with zero attached hydrogens (tertiary/aromatic N) is 1. The molecular formula is C24H35NO7P2. The van der Waals surface area contributed by atoms with Crippen LogP contribution in [0.1, 0.15) is 51.3 Å². The molecule has 2 aromatic carbocycles. The van der Waals surface area contributed by atoms with E-state index in [0.29, 0.717) is 6.54 Å². The van der Waals surface area contributed by atoms with Crippen LogP contribution in [0.4, 0.5) is 0 Å². The van der Waals surface area contributed by atoms with Crippen molar-refractivity contribution in [3.63, 3.8) is 0 Å². The molecule has 8 nitrogen and oxygen atoms in total. The van der Waals surface area contributed by atoms with Crippen LogP contribution in [0.15, 0.2) is 60.7 Å². The Labute approximate surface area is 202 Å². The maximum atomic E-state index is 14.4. The summed E-state index contributed by atoms with van der Waals surface area (Å²) in [5.74, 6) is 0. The number of rotatable bonds is 13. The normalized spacial score (nSPS) is 18.9. The van der Waals surface area contributed by atoms with Gasteiger partial charge < -0.3 is 18.1 Å². The molecular weight excluding hydrogens is 476 g/mol. The number of hydrogen-bond donors (Lipinski definition) is 0. The van der Waals surface area contributed by atoms with Crippen LogP contribution in [0.3, 0.4) is 0 Å². The lowest BCUT2D eigenvalue weighted by molar-refractivity contribution is -0.174. The van der Waals surface area contributed by atoms with Crippen molar-refractivity contribution in [1.82, 2.24) is 5.06 Å². The molecule has 1 aliphatic heterocycles. The van der Waals surface area contributed by atoms with Gasteiger partial charge in [0.2, 0.25) is 0 Å². The number of hydrogen-bond acceptors (Lipinski definition) is 8. The zero-order valence-electron chi connectivity index (χ0n) is 20.3. The van der Waals surface area contributed by atoms with Crippen LogP contribution in [0, 0.1) is 0 Å². The van der Waals surface area contributed by atoms with Crippen LogP contribution in [-0.2, 0) is 38.6 Å². The van der Waals surface area contributed by atoms with E-state index in [4.69, 9.17) is 22.9 Å². The highest BCUT2D eigenvalue weighted by molar-refractivity contribution is 7.74. The van der Waals surface area contributed by atoms with E-state index in [1.54, 1.807) is 32.8 Å². The molecule has 10 heteroatoms. The average Bonchev–Trinajstić information content (AvgIpc) is 3.23. The summed E-state index contributed by atoms with van der Waals surface area (Å²) in [6, 6.07) is 19.0. The van der Waals surface area contributed by atoms with Crippen LogP contribution in [0.25, 0.3) is 0 Å². The van der Waals surface area contributed by atoms with Gasteiger partial charge >= 0.3 is 15.2 Å². The second kappa shape index (κ2) is 12.1. The van der Waals surface area contributed by atoms with E-state index in [-0.39, 0.29) is 32.8 Å². The number of benzene rings is 2. The van der Waals surface area contributed by atoms with Gasteiger partial charge in [-0.1, -0.05) is 60.7 Å². The van der Waals surface area contributed by atoms with E-state index in [0.717, 1.165) is 11.1 Å². The fourth-order valence-electron chi connectivity index (χ4n) is 4.14. The minimum Gasteiger partial charge on any atom is -0.306 e. The summed E-state index contributed by atoms with van der Waals surface area (Å²) < 4.78 is 51.7. The van der Waals surface area contributed by atoms with Crippen LogP contribution >= 0.6 is 15.2 Å². The quantitative estimate of drug-likeness (QED) is 0.273. The first-order valence-corrected chi connectivity index (χ1v) is 14.8. The summed E-state index contributed by atoms with van der Waals surface area (Å²) in [5.41, 5.74) is 1.89. The van der Waals surface area contributed by atoms with E-state index >= 15 is 0 Å². The summed E-state index contributed by atoms with van der Waals surface area (Å²) in [4.78, 5) is 6.47. The summed E-state index contributed by atoms with van der Waals surface area (Å²) in [6.45, 7) is 7.50. The Kier molecular flexibility index (Phi) is 9.67. The molecule has 1 saturated heterocycles. The van der Waals surface area contributed by atoms with Crippen LogP contribution in [-0.4, -0.2) is 36.6 Å². The van der Waals surface area contributed by atoms with Gasteiger partial charge in [0.15, 0.2) is 0 Å². The topological polar surface area (TPSA) is 83.5 Å². The Balaban J connectivity index is 2.19. The molecule has 0 aromatic heterocycles. The smallest absolute Gasteiger partial charge is 0.306 e. The van der Waals surface area contributed by atoms with Gasteiger partial charge in [0.05, 0.1) is 32.5 Å². The lowest BCUT2D eigenvalue weighted by Gasteiger charge is -2.38. The molecule has 1 aliphatic rings. The lowest BCUT2D eigenvalue weighted by Crippen LogP contribution is -2.34. The Morgan fingerprint density at radius 1 is 0.794 bits per heavy atom. The van der Waals surface area contributed by atoms with Crippen molar-refractivity contribution in [3.8, 4) is 0 Å². The average molecular weight is 511 g/mol. The molecule has 0 aliphatic carbocycles. The Bertz CT molecular complexity index is 939. The number of hydroxylamine groups is 2. The highest BCUT2D eigenvalue weighted by Gasteiger charge is 2.72. The summed E-state index contributed by atoms with van der Waals surface area (Å²) in [6.07, 6.45) is 0.0401.